The number of rotatable bonds is 3. The summed E-state index contributed by atoms with van der Waals surface area (Å²) in [6.07, 6.45) is 5.04. The summed E-state index contributed by atoms with van der Waals surface area (Å²) in [5.41, 5.74) is 5.88. The van der Waals surface area contributed by atoms with Crippen molar-refractivity contribution >= 4 is 24.8 Å². The molecule has 0 bridgehead atoms. The third kappa shape index (κ3) is 4.04. The summed E-state index contributed by atoms with van der Waals surface area (Å²) in [5.74, 6) is 0.820. The molecule has 2 rings (SSSR count). The number of halogens is 2. The summed E-state index contributed by atoms with van der Waals surface area (Å²) in [4.78, 5) is 2.62. The van der Waals surface area contributed by atoms with E-state index in [1.165, 1.54) is 38.8 Å². The molecule has 1 heterocycles. The van der Waals surface area contributed by atoms with Crippen LogP contribution in [0.25, 0.3) is 0 Å². The van der Waals surface area contributed by atoms with Gasteiger partial charge in [-0.25, -0.2) is 0 Å². The molecule has 0 atom stereocenters. The summed E-state index contributed by atoms with van der Waals surface area (Å²) in [7, 11) is 1.80. The van der Waals surface area contributed by atoms with Gasteiger partial charge in [-0.3, -0.25) is 0 Å². The Bertz CT molecular complexity index is 181. The Hall–Kier alpha value is 0.460. The highest BCUT2D eigenvalue weighted by atomic mass is 35.5. The van der Waals surface area contributed by atoms with E-state index in [1.807, 2.05) is 0 Å². The van der Waals surface area contributed by atoms with Crippen molar-refractivity contribution < 1.29 is 4.74 Å². The number of piperidine rings is 1. The molecule has 0 aromatic carbocycles. The average molecular weight is 271 g/mol. The monoisotopic (exact) mass is 270 g/mol. The van der Waals surface area contributed by atoms with Gasteiger partial charge in [0.15, 0.2) is 0 Å². The van der Waals surface area contributed by atoms with Gasteiger partial charge in [-0.2, -0.15) is 0 Å². The summed E-state index contributed by atoms with van der Waals surface area (Å²) in [6.45, 7) is 3.38. The fourth-order valence-electron chi connectivity index (χ4n) is 2.66. The van der Waals surface area contributed by atoms with Gasteiger partial charge < -0.3 is 15.4 Å². The molecular formula is C11H24Cl2N2O. The van der Waals surface area contributed by atoms with E-state index >= 15 is 0 Å². The van der Waals surface area contributed by atoms with Crippen LogP contribution in [0.1, 0.15) is 25.7 Å². The van der Waals surface area contributed by atoms with Crippen molar-refractivity contribution in [3.05, 3.63) is 0 Å². The van der Waals surface area contributed by atoms with Gasteiger partial charge in [0, 0.05) is 25.8 Å². The van der Waals surface area contributed by atoms with E-state index in [9.17, 15) is 0 Å². The molecule has 16 heavy (non-hydrogen) atoms. The maximum Gasteiger partial charge on any atom is 0.0491 e. The third-order valence-electron chi connectivity index (χ3n) is 3.70. The molecule has 98 valence electrons. The van der Waals surface area contributed by atoms with Gasteiger partial charge in [0.2, 0.25) is 0 Å². The molecule has 1 saturated carbocycles. The summed E-state index contributed by atoms with van der Waals surface area (Å²) in [5, 5.41) is 0. The standard InChI is InChI=1S/C11H22N2O.2ClH/c1-14-8-9-6-11(7-9)13-4-2-10(12)3-5-13;;/h9-11H,2-8,12H2,1H3;2*1H. The molecule has 0 aromatic rings. The van der Waals surface area contributed by atoms with Gasteiger partial charge in [-0.15, -0.1) is 24.8 Å². The minimum Gasteiger partial charge on any atom is -0.384 e. The third-order valence-corrected chi connectivity index (χ3v) is 3.70. The minimum absolute atomic E-state index is 0. The number of nitrogens with zero attached hydrogens (tertiary/aromatic N) is 1. The Morgan fingerprint density at radius 1 is 1.19 bits per heavy atom. The maximum absolute atomic E-state index is 5.88. The van der Waals surface area contributed by atoms with Crippen LogP contribution in [0.3, 0.4) is 0 Å². The van der Waals surface area contributed by atoms with E-state index in [1.54, 1.807) is 7.11 Å². The highest BCUT2D eigenvalue weighted by Gasteiger charge is 2.34. The van der Waals surface area contributed by atoms with Crippen LogP contribution >= 0.6 is 24.8 Å². The minimum atomic E-state index is 0. The Labute approximate surface area is 111 Å². The second-order valence-corrected chi connectivity index (χ2v) is 4.82. The number of methoxy groups -OCH3 is 1. The summed E-state index contributed by atoms with van der Waals surface area (Å²) >= 11 is 0. The van der Waals surface area contributed by atoms with Gasteiger partial charge in [0.25, 0.3) is 0 Å². The lowest BCUT2D eigenvalue weighted by molar-refractivity contribution is 0.0190. The smallest absolute Gasteiger partial charge is 0.0491 e. The molecule has 0 amide bonds. The van der Waals surface area contributed by atoms with E-state index in [0.29, 0.717) is 6.04 Å². The molecular weight excluding hydrogens is 247 g/mol. The zero-order valence-corrected chi connectivity index (χ0v) is 11.6. The molecule has 3 nitrogen and oxygen atoms in total. The van der Waals surface area contributed by atoms with Gasteiger partial charge >= 0.3 is 0 Å². The molecule has 5 heteroatoms. The van der Waals surface area contributed by atoms with Gasteiger partial charge in [0.05, 0.1) is 0 Å². The van der Waals surface area contributed by atoms with E-state index in [2.05, 4.69) is 4.90 Å². The lowest BCUT2D eigenvalue weighted by Gasteiger charge is -2.45. The Morgan fingerprint density at radius 3 is 2.25 bits per heavy atom. The number of hydrogen-bond donors (Lipinski definition) is 1. The Morgan fingerprint density at radius 2 is 1.75 bits per heavy atom. The topological polar surface area (TPSA) is 38.5 Å². The predicted molar refractivity (Wildman–Crippen MR) is 71.7 cm³/mol. The van der Waals surface area contributed by atoms with E-state index in [4.69, 9.17) is 10.5 Å². The Kier molecular flexibility index (Phi) is 7.94. The molecule has 0 aromatic heterocycles. The molecule has 2 fully saturated rings. The Balaban J connectivity index is 0.00000112. The van der Waals surface area contributed by atoms with Crippen molar-refractivity contribution in [3.8, 4) is 0 Å². The van der Waals surface area contributed by atoms with Crippen molar-refractivity contribution in [2.45, 2.75) is 37.8 Å². The quantitative estimate of drug-likeness (QED) is 0.848. The van der Waals surface area contributed by atoms with Crippen molar-refractivity contribution in [1.82, 2.24) is 4.90 Å². The van der Waals surface area contributed by atoms with Crippen LogP contribution in [0.2, 0.25) is 0 Å². The zero-order valence-electron chi connectivity index (χ0n) is 9.93. The summed E-state index contributed by atoms with van der Waals surface area (Å²) < 4.78 is 5.16. The van der Waals surface area contributed by atoms with E-state index in [0.717, 1.165) is 18.6 Å². The van der Waals surface area contributed by atoms with Crippen molar-refractivity contribution in [2.75, 3.05) is 26.8 Å². The largest absolute Gasteiger partial charge is 0.384 e. The maximum atomic E-state index is 5.88. The molecule has 2 aliphatic rings. The second-order valence-electron chi connectivity index (χ2n) is 4.82. The second kappa shape index (κ2) is 7.72. The molecule has 1 aliphatic heterocycles. The van der Waals surface area contributed by atoms with Gasteiger partial charge in [0.1, 0.15) is 0 Å². The van der Waals surface area contributed by atoms with Crippen LogP contribution in [0.15, 0.2) is 0 Å². The first-order chi connectivity index (χ1) is 6.79. The molecule has 0 radical (unpaired) electrons. The van der Waals surface area contributed by atoms with E-state index < -0.39 is 0 Å². The van der Waals surface area contributed by atoms with Crippen LogP contribution in [0, 0.1) is 5.92 Å². The lowest BCUT2D eigenvalue weighted by Crippen LogP contribution is -2.50. The highest BCUT2D eigenvalue weighted by molar-refractivity contribution is 5.85. The van der Waals surface area contributed by atoms with Crippen molar-refractivity contribution in [1.29, 1.82) is 0 Å². The number of hydrogen-bond acceptors (Lipinski definition) is 3. The predicted octanol–water partition coefficient (Wildman–Crippen LogP) is 1.68. The first-order valence-corrected chi connectivity index (χ1v) is 5.78. The molecule has 2 N–H and O–H groups in total. The first kappa shape index (κ1) is 16.5. The molecule has 1 saturated heterocycles. The van der Waals surface area contributed by atoms with Gasteiger partial charge in [-0.1, -0.05) is 0 Å². The van der Waals surface area contributed by atoms with Crippen molar-refractivity contribution in [2.24, 2.45) is 11.7 Å². The number of ether oxygens (including phenoxy) is 1. The molecule has 0 unspecified atom stereocenters. The number of nitrogens with two attached hydrogens (primary N) is 1. The van der Waals surface area contributed by atoms with E-state index in [-0.39, 0.29) is 24.8 Å². The SMILES string of the molecule is COCC1CC(N2CCC(N)CC2)C1.Cl.Cl. The first-order valence-electron chi connectivity index (χ1n) is 5.78. The zero-order chi connectivity index (χ0) is 9.97. The van der Waals surface area contributed by atoms with Gasteiger partial charge in [-0.05, 0) is 44.7 Å². The fourth-order valence-corrected chi connectivity index (χ4v) is 2.66. The molecule has 1 aliphatic carbocycles. The molecule has 0 spiro atoms. The van der Waals surface area contributed by atoms with Crippen LogP contribution in [0.4, 0.5) is 0 Å². The normalized spacial score (nSPS) is 31.1. The summed E-state index contributed by atoms with van der Waals surface area (Å²) in [6, 6.07) is 1.30. The van der Waals surface area contributed by atoms with Crippen molar-refractivity contribution in [3.63, 3.8) is 0 Å². The fraction of sp³-hybridized carbons (Fsp3) is 1.00. The lowest BCUT2D eigenvalue weighted by atomic mass is 9.79. The van der Waals surface area contributed by atoms with Crippen LogP contribution in [-0.4, -0.2) is 43.8 Å². The average Bonchev–Trinajstić information content (AvgIpc) is 2.13. The highest BCUT2D eigenvalue weighted by Crippen LogP contribution is 2.33. The number of likely N-dealkylation sites (tertiary alicyclic amines) is 1. The van der Waals surface area contributed by atoms with Crippen LogP contribution < -0.4 is 5.73 Å². The van der Waals surface area contributed by atoms with Crippen LogP contribution in [-0.2, 0) is 4.74 Å². The van der Waals surface area contributed by atoms with Crippen LogP contribution in [0.5, 0.6) is 0 Å².